The van der Waals surface area contributed by atoms with E-state index in [-0.39, 0.29) is 17.8 Å². The fourth-order valence-electron chi connectivity index (χ4n) is 2.15. The summed E-state index contributed by atoms with van der Waals surface area (Å²) in [5.74, 6) is -2.07. The number of halogens is 2. The van der Waals surface area contributed by atoms with Crippen molar-refractivity contribution in [3.05, 3.63) is 70.6 Å². The Balaban J connectivity index is 1.95. The minimum absolute atomic E-state index is 0.0882. The van der Waals surface area contributed by atoms with Crippen LogP contribution in [0.4, 0.5) is 8.78 Å². The Bertz CT molecular complexity index is 792. The van der Waals surface area contributed by atoms with E-state index in [0.717, 1.165) is 16.2 Å². The van der Waals surface area contributed by atoms with Gasteiger partial charge in [0, 0.05) is 27.5 Å². The standard InChI is InChI=1S/C16H10F2OS/c17-13-6-3-4-10(16(13)18)8-14(19)12-9-20-15-7-2-1-5-11(12)15/h1-7,9H,8H2. The molecule has 0 saturated carbocycles. The fourth-order valence-corrected chi connectivity index (χ4v) is 3.11. The largest absolute Gasteiger partial charge is 0.294 e. The monoisotopic (exact) mass is 288 g/mol. The normalized spacial score (nSPS) is 10.9. The Hall–Kier alpha value is -2.07. The fraction of sp³-hybridized carbons (Fsp3) is 0.0625. The number of thiophene rings is 1. The molecule has 3 rings (SSSR count). The molecule has 0 amide bonds. The Morgan fingerprint density at radius 1 is 1.05 bits per heavy atom. The number of rotatable bonds is 3. The Kier molecular flexibility index (Phi) is 3.32. The summed E-state index contributed by atoms with van der Waals surface area (Å²) in [6, 6.07) is 11.4. The second-order valence-electron chi connectivity index (χ2n) is 4.46. The first-order valence-corrected chi connectivity index (χ1v) is 6.97. The Labute approximate surface area is 118 Å². The van der Waals surface area contributed by atoms with Crippen molar-refractivity contribution in [2.24, 2.45) is 0 Å². The van der Waals surface area contributed by atoms with Gasteiger partial charge in [-0.3, -0.25) is 4.79 Å². The molecule has 0 bridgehead atoms. The van der Waals surface area contributed by atoms with Crippen LogP contribution in [0.25, 0.3) is 10.1 Å². The van der Waals surface area contributed by atoms with E-state index >= 15 is 0 Å². The number of benzene rings is 2. The van der Waals surface area contributed by atoms with Crippen LogP contribution in [0.5, 0.6) is 0 Å². The first-order chi connectivity index (χ1) is 9.66. The molecule has 2 aromatic carbocycles. The molecule has 0 spiro atoms. The molecule has 0 aliphatic rings. The molecule has 0 atom stereocenters. The third-order valence-electron chi connectivity index (χ3n) is 3.16. The highest BCUT2D eigenvalue weighted by atomic mass is 32.1. The third kappa shape index (κ3) is 2.23. The minimum atomic E-state index is -0.944. The summed E-state index contributed by atoms with van der Waals surface area (Å²) in [7, 11) is 0. The lowest BCUT2D eigenvalue weighted by Crippen LogP contribution is -2.05. The van der Waals surface area contributed by atoms with Gasteiger partial charge in [-0.2, -0.15) is 0 Å². The van der Waals surface area contributed by atoms with Crippen LogP contribution < -0.4 is 0 Å². The van der Waals surface area contributed by atoms with Crippen LogP contribution in [0.15, 0.2) is 47.8 Å². The third-order valence-corrected chi connectivity index (χ3v) is 4.13. The molecule has 1 aromatic heterocycles. The van der Waals surface area contributed by atoms with Gasteiger partial charge in [0.15, 0.2) is 17.4 Å². The molecule has 0 N–H and O–H groups in total. The molecule has 1 nitrogen and oxygen atoms in total. The van der Waals surface area contributed by atoms with Gasteiger partial charge in [0.1, 0.15) is 0 Å². The predicted molar refractivity (Wildman–Crippen MR) is 76.2 cm³/mol. The average Bonchev–Trinajstić information content (AvgIpc) is 2.88. The predicted octanol–water partition coefficient (Wildman–Crippen LogP) is 4.60. The van der Waals surface area contributed by atoms with Crippen LogP contribution >= 0.6 is 11.3 Å². The van der Waals surface area contributed by atoms with Gasteiger partial charge in [-0.1, -0.05) is 30.3 Å². The Morgan fingerprint density at radius 3 is 2.70 bits per heavy atom. The van der Waals surface area contributed by atoms with Gasteiger partial charge < -0.3 is 0 Å². The molecule has 0 radical (unpaired) electrons. The summed E-state index contributed by atoms with van der Waals surface area (Å²) >= 11 is 1.47. The second kappa shape index (κ2) is 5.13. The smallest absolute Gasteiger partial charge is 0.168 e. The minimum Gasteiger partial charge on any atom is -0.294 e. The molecule has 0 fully saturated rings. The quantitative estimate of drug-likeness (QED) is 0.643. The van der Waals surface area contributed by atoms with Crippen molar-refractivity contribution in [3.8, 4) is 0 Å². The summed E-state index contributed by atoms with van der Waals surface area (Å²) in [6.07, 6.45) is -0.135. The van der Waals surface area contributed by atoms with Gasteiger partial charge in [0.25, 0.3) is 0 Å². The van der Waals surface area contributed by atoms with E-state index in [1.807, 2.05) is 24.3 Å². The van der Waals surface area contributed by atoms with Gasteiger partial charge >= 0.3 is 0 Å². The van der Waals surface area contributed by atoms with Gasteiger partial charge in [-0.25, -0.2) is 8.78 Å². The highest BCUT2D eigenvalue weighted by Gasteiger charge is 2.16. The first kappa shape index (κ1) is 12.9. The van der Waals surface area contributed by atoms with E-state index in [1.165, 1.54) is 23.5 Å². The molecule has 20 heavy (non-hydrogen) atoms. The molecule has 0 unspecified atom stereocenters. The number of ketones is 1. The summed E-state index contributed by atoms with van der Waals surface area (Å²) in [4.78, 5) is 12.3. The zero-order chi connectivity index (χ0) is 14.1. The number of hydrogen-bond acceptors (Lipinski definition) is 2. The maximum absolute atomic E-state index is 13.6. The SMILES string of the molecule is O=C(Cc1cccc(F)c1F)c1csc2ccccc12. The van der Waals surface area contributed by atoms with Crippen LogP contribution in [0.2, 0.25) is 0 Å². The summed E-state index contributed by atoms with van der Waals surface area (Å²) in [5.41, 5.74) is 0.652. The van der Waals surface area contributed by atoms with Crippen molar-refractivity contribution in [1.29, 1.82) is 0 Å². The van der Waals surface area contributed by atoms with E-state index in [2.05, 4.69) is 0 Å². The number of hydrogen-bond donors (Lipinski definition) is 0. The highest BCUT2D eigenvalue weighted by Crippen LogP contribution is 2.27. The van der Waals surface area contributed by atoms with Gasteiger partial charge in [0.2, 0.25) is 0 Å². The van der Waals surface area contributed by atoms with Crippen molar-refractivity contribution < 1.29 is 13.6 Å². The molecular weight excluding hydrogens is 278 g/mol. The molecule has 0 saturated heterocycles. The molecule has 100 valence electrons. The summed E-state index contributed by atoms with van der Waals surface area (Å²) < 4.78 is 27.7. The Morgan fingerprint density at radius 2 is 1.85 bits per heavy atom. The average molecular weight is 288 g/mol. The molecule has 0 aliphatic carbocycles. The zero-order valence-electron chi connectivity index (χ0n) is 10.4. The molecular formula is C16H10F2OS. The van der Waals surface area contributed by atoms with Crippen molar-refractivity contribution in [3.63, 3.8) is 0 Å². The lowest BCUT2D eigenvalue weighted by molar-refractivity contribution is 0.0993. The van der Waals surface area contributed by atoms with E-state index < -0.39 is 11.6 Å². The van der Waals surface area contributed by atoms with Crippen molar-refractivity contribution >= 4 is 27.2 Å². The van der Waals surface area contributed by atoms with Crippen LogP contribution in [0.3, 0.4) is 0 Å². The van der Waals surface area contributed by atoms with E-state index in [1.54, 1.807) is 5.38 Å². The number of Topliss-reactive ketones (excluding diaryl/α,β-unsaturated/α-hetero) is 1. The van der Waals surface area contributed by atoms with Crippen molar-refractivity contribution in [2.45, 2.75) is 6.42 Å². The summed E-state index contributed by atoms with van der Waals surface area (Å²) in [5, 5.41) is 2.63. The molecule has 1 heterocycles. The van der Waals surface area contributed by atoms with Crippen LogP contribution in [0.1, 0.15) is 15.9 Å². The van der Waals surface area contributed by atoms with E-state index in [9.17, 15) is 13.6 Å². The first-order valence-electron chi connectivity index (χ1n) is 6.09. The topological polar surface area (TPSA) is 17.1 Å². The number of carbonyl (C=O) groups is 1. The maximum Gasteiger partial charge on any atom is 0.168 e. The highest BCUT2D eigenvalue weighted by molar-refractivity contribution is 7.17. The van der Waals surface area contributed by atoms with Gasteiger partial charge in [0.05, 0.1) is 0 Å². The van der Waals surface area contributed by atoms with Gasteiger partial charge in [-0.15, -0.1) is 11.3 Å². The number of carbonyl (C=O) groups excluding carboxylic acids is 1. The van der Waals surface area contributed by atoms with Gasteiger partial charge in [-0.05, 0) is 17.7 Å². The summed E-state index contributed by atoms with van der Waals surface area (Å²) in [6.45, 7) is 0. The van der Waals surface area contributed by atoms with Crippen LogP contribution in [0, 0.1) is 11.6 Å². The maximum atomic E-state index is 13.6. The van der Waals surface area contributed by atoms with E-state index in [4.69, 9.17) is 0 Å². The lowest BCUT2D eigenvalue weighted by Gasteiger charge is -2.03. The zero-order valence-corrected chi connectivity index (χ0v) is 11.2. The van der Waals surface area contributed by atoms with Crippen molar-refractivity contribution in [1.82, 2.24) is 0 Å². The number of fused-ring (bicyclic) bond motifs is 1. The second-order valence-corrected chi connectivity index (χ2v) is 5.37. The lowest BCUT2D eigenvalue weighted by atomic mass is 10.0. The van der Waals surface area contributed by atoms with E-state index in [0.29, 0.717) is 5.56 Å². The molecule has 3 aromatic rings. The van der Waals surface area contributed by atoms with Crippen LogP contribution in [-0.2, 0) is 6.42 Å². The molecule has 0 aliphatic heterocycles. The van der Waals surface area contributed by atoms with Crippen molar-refractivity contribution in [2.75, 3.05) is 0 Å². The molecule has 4 heteroatoms. The van der Waals surface area contributed by atoms with Crippen LogP contribution in [-0.4, -0.2) is 5.78 Å².